The predicted molar refractivity (Wildman–Crippen MR) is 97.8 cm³/mol. The molecule has 3 rings (SSSR count). The summed E-state index contributed by atoms with van der Waals surface area (Å²) in [5, 5.41) is 19.9. The second-order valence-electron chi connectivity index (χ2n) is 6.10. The van der Waals surface area contributed by atoms with Gasteiger partial charge >= 0.3 is 0 Å². The Bertz CT molecular complexity index is 966. The summed E-state index contributed by atoms with van der Waals surface area (Å²) in [6.45, 7) is 1.26. The summed E-state index contributed by atoms with van der Waals surface area (Å²) in [6.07, 6.45) is 0. The van der Waals surface area contributed by atoms with Crippen molar-refractivity contribution in [2.24, 2.45) is 0 Å². The van der Waals surface area contributed by atoms with Gasteiger partial charge in [0.1, 0.15) is 16.9 Å². The van der Waals surface area contributed by atoms with E-state index in [9.17, 15) is 15.0 Å². The largest absolute Gasteiger partial charge is 0.508 e. The zero-order valence-corrected chi connectivity index (χ0v) is 14.2. The first-order valence-electron chi connectivity index (χ1n) is 7.97. The molecule has 0 unspecified atom stereocenters. The number of anilines is 1. The number of hydrazine groups is 1. The van der Waals surface area contributed by atoms with E-state index in [0.717, 1.165) is 6.54 Å². The van der Waals surface area contributed by atoms with Gasteiger partial charge in [0.15, 0.2) is 0 Å². The number of phenolic OH excluding ortho intramolecular Hbond substituents is 1. The Kier molecular flexibility index (Phi) is 4.89. The normalized spacial score (nSPS) is 11.5. The van der Waals surface area contributed by atoms with Crippen LogP contribution in [0.3, 0.4) is 0 Å². The minimum Gasteiger partial charge on any atom is -0.508 e. The van der Waals surface area contributed by atoms with Gasteiger partial charge < -0.3 is 25.0 Å². The van der Waals surface area contributed by atoms with Crippen molar-refractivity contribution in [2.45, 2.75) is 6.61 Å². The van der Waals surface area contributed by atoms with E-state index >= 15 is 0 Å². The molecule has 25 heavy (non-hydrogen) atoms. The van der Waals surface area contributed by atoms with Gasteiger partial charge in [0.2, 0.25) is 5.43 Å². The average molecular weight is 343 g/mol. The monoisotopic (exact) mass is 343 g/mol. The van der Waals surface area contributed by atoms with Crippen LogP contribution >= 0.6 is 0 Å². The van der Waals surface area contributed by atoms with Crippen molar-refractivity contribution in [2.75, 3.05) is 32.6 Å². The topological polar surface area (TPSA) is 98.0 Å². The molecule has 132 valence electrons. The van der Waals surface area contributed by atoms with E-state index in [-0.39, 0.29) is 17.8 Å². The Labute approximate surface area is 144 Å². The van der Waals surface area contributed by atoms with E-state index in [1.165, 1.54) is 12.1 Å². The van der Waals surface area contributed by atoms with E-state index in [1.54, 1.807) is 18.2 Å². The van der Waals surface area contributed by atoms with Crippen molar-refractivity contribution in [1.29, 1.82) is 0 Å². The highest BCUT2D eigenvalue weighted by Gasteiger charge is 2.15. The summed E-state index contributed by atoms with van der Waals surface area (Å²) in [4.78, 5) is 15.0. The van der Waals surface area contributed by atoms with Crippen LogP contribution in [0.5, 0.6) is 5.75 Å². The summed E-state index contributed by atoms with van der Waals surface area (Å²) >= 11 is 0. The molecule has 4 N–H and O–H groups in total. The average Bonchev–Trinajstić information content (AvgIpc) is 2.59. The van der Waals surface area contributed by atoms with E-state index in [1.807, 2.05) is 19.0 Å². The van der Waals surface area contributed by atoms with E-state index in [0.29, 0.717) is 39.7 Å². The number of hydrogen-bond acceptors (Lipinski definition) is 7. The van der Waals surface area contributed by atoms with Gasteiger partial charge in [0, 0.05) is 18.7 Å². The molecule has 0 saturated heterocycles. The summed E-state index contributed by atoms with van der Waals surface area (Å²) in [5.74, 6) is -0.00363. The van der Waals surface area contributed by atoms with Crippen LogP contribution in [0.25, 0.3) is 21.9 Å². The van der Waals surface area contributed by atoms with E-state index < -0.39 is 0 Å². The second-order valence-corrected chi connectivity index (χ2v) is 6.10. The molecule has 7 nitrogen and oxygen atoms in total. The highest BCUT2D eigenvalue weighted by Crippen LogP contribution is 2.28. The lowest BCUT2D eigenvalue weighted by Crippen LogP contribution is -2.31. The molecule has 2 aromatic carbocycles. The van der Waals surface area contributed by atoms with Gasteiger partial charge in [-0.1, -0.05) is 6.07 Å². The van der Waals surface area contributed by atoms with E-state index in [4.69, 9.17) is 4.42 Å². The first-order valence-corrected chi connectivity index (χ1v) is 7.97. The number of aromatic hydroxyl groups is 1. The second kappa shape index (κ2) is 7.10. The van der Waals surface area contributed by atoms with Crippen molar-refractivity contribution < 1.29 is 14.6 Å². The molecule has 3 aromatic rings. The van der Waals surface area contributed by atoms with Crippen LogP contribution < -0.4 is 16.3 Å². The lowest BCUT2D eigenvalue weighted by molar-refractivity contribution is 0.282. The van der Waals surface area contributed by atoms with E-state index in [2.05, 4.69) is 10.9 Å². The number of fused-ring (bicyclic) bond motifs is 2. The molecular weight excluding hydrogens is 322 g/mol. The van der Waals surface area contributed by atoms with Crippen molar-refractivity contribution in [1.82, 2.24) is 10.3 Å². The Balaban J connectivity index is 2.13. The van der Waals surface area contributed by atoms with Crippen LogP contribution in [-0.2, 0) is 6.61 Å². The fraction of sp³-hybridized carbons (Fsp3) is 0.278. The number of aliphatic hydroxyl groups is 1. The van der Waals surface area contributed by atoms with Crippen LogP contribution in [-0.4, -0.2) is 42.3 Å². The SMILES string of the molecule is CN(C)CCNNc1ccc(CO)c2oc3ccc(O)cc3c(=O)c12. The summed E-state index contributed by atoms with van der Waals surface area (Å²) in [5.41, 5.74) is 7.62. The number of phenols is 1. The zero-order valence-electron chi connectivity index (χ0n) is 14.2. The molecular formula is C18H21N3O4. The molecule has 0 aliphatic carbocycles. The molecule has 1 heterocycles. The minimum absolute atomic E-state index is 0.00363. The Morgan fingerprint density at radius 3 is 2.72 bits per heavy atom. The van der Waals surface area contributed by atoms with Crippen molar-refractivity contribution >= 4 is 27.6 Å². The Morgan fingerprint density at radius 2 is 2.00 bits per heavy atom. The predicted octanol–water partition coefficient (Wildman–Crippen LogP) is 1.62. The van der Waals surface area contributed by atoms with Crippen LogP contribution in [0.15, 0.2) is 39.5 Å². The van der Waals surface area contributed by atoms with Crippen molar-refractivity contribution in [3.8, 4) is 5.75 Å². The maximum Gasteiger partial charge on any atom is 0.202 e. The third kappa shape index (κ3) is 3.43. The molecule has 0 atom stereocenters. The molecule has 0 amide bonds. The smallest absolute Gasteiger partial charge is 0.202 e. The number of aliphatic hydroxyl groups excluding tert-OH is 1. The molecule has 1 aromatic heterocycles. The van der Waals surface area contributed by atoms with Crippen LogP contribution in [0.1, 0.15) is 5.56 Å². The summed E-state index contributed by atoms with van der Waals surface area (Å²) < 4.78 is 5.84. The zero-order chi connectivity index (χ0) is 18.0. The molecule has 0 radical (unpaired) electrons. The molecule has 7 heteroatoms. The molecule has 0 saturated carbocycles. The molecule has 0 bridgehead atoms. The third-order valence-corrected chi connectivity index (χ3v) is 3.96. The van der Waals surface area contributed by atoms with Gasteiger partial charge in [-0.3, -0.25) is 4.79 Å². The molecule has 0 fully saturated rings. The maximum absolute atomic E-state index is 12.9. The van der Waals surface area contributed by atoms with Crippen LogP contribution in [0.4, 0.5) is 5.69 Å². The number of nitrogens with one attached hydrogen (secondary N) is 2. The van der Waals surface area contributed by atoms with Gasteiger partial charge in [0.05, 0.1) is 23.1 Å². The highest BCUT2D eigenvalue weighted by atomic mass is 16.3. The van der Waals surface area contributed by atoms with Crippen molar-refractivity contribution in [3.05, 3.63) is 46.1 Å². The standard InChI is InChI=1S/C18H21N3O4/c1-21(2)8-7-19-20-14-5-3-11(10-22)18-16(14)17(24)13-9-12(23)4-6-15(13)25-18/h3-6,9,19-20,22-23H,7-8,10H2,1-2H3. The molecule has 0 spiro atoms. The summed E-state index contributed by atoms with van der Waals surface area (Å²) in [7, 11) is 3.95. The number of hydrogen-bond donors (Lipinski definition) is 4. The first kappa shape index (κ1) is 17.2. The maximum atomic E-state index is 12.9. The van der Waals surface area contributed by atoms with Crippen molar-refractivity contribution in [3.63, 3.8) is 0 Å². The lowest BCUT2D eigenvalue weighted by Gasteiger charge is -2.14. The fourth-order valence-corrected chi connectivity index (χ4v) is 2.66. The highest BCUT2D eigenvalue weighted by molar-refractivity contribution is 5.98. The summed E-state index contributed by atoms with van der Waals surface area (Å²) in [6, 6.07) is 7.83. The number of benzene rings is 2. The van der Waals surface area contributed by atoms with Crippen LogP contribution in [0.2, 0.25) is 0 Å². The first-order chi connectivity index (χ1) is 12.0. The number of rotatable bonds is 6. The fourth-order valence-electron chi connectivity index (χ4n) is 2.66. The Hall–Kier alpha value is -2.61. The number of likely N-dealkylation sites (N-methyl/N-ethyl adjacent to an activating group) is 1. The van der Waals surface area contributed by atoms with Crippen LogP contribution in [0, 0.1) is 0 Å². The van der Waals surface area contributed by atoms with Gasteiger partial charge in [-0.05, 0) is 38.4 Å². The third-order valence-electron chi connectivity index (χ3n) is 3.96. The molecule has 0 aliphatic rings. The quantitative estimate of drug-likeness (QED) is 0.307. The Morgan fingerprint density at radius 1 is 1.20 bits per heavy atom. The van der Waals surface area contributed by atoms with Gasteiger partial charge in [0.25, 0.3) is 0 Å². The van der Waals surface area contributed by atoms with Gasteiger partial charge in [-0.25, -0.2) is 5.43 Å². The molecule has 0 aliphatic heterocycles. The minimum atomic E-state index is -0.264. The van der Waals surface area contributed by atoms with Gasteiger partial charge in [-0.2, -0.15) is 0 Å². The number of nitrogens with zero attached hydrogens (tertiary/aromatic N) is 1. The van der Waals surface area contributed by atoms with Gasteiger partial charge in [-0.15, -0.1) is 0 Å². The lowest BCUT2D eigenvalue weighted by atomic mass is 10.1.